The summed E-state index contributed by atoms with van der Waals surface area (Å²) in [5.41, 5.74) is 7.52. The number of rotatable bonds is 4. The Morgan fingerprint density at radius 1 is 1.33 bits per heavy atom. The summed E-state index contributed by atoms with van der Waals surface area (Å²) in [5, 5.41) is 0.819. The van der Waals surface area contributed by atoms with Crippen molar-refractivity contribution in [2.24, 2.45) is 11.1 Å². The largest absolute Gasteiger partial charge is 0.327 e. The molecule has 0 saturated heterocycles. The molecular weight excluding hydrogens is 206 g/mol. The lowest BCUT2D eigenvalue weighted by Crippen LogP contribution is -2.38. The molecule has 0 amide bonds. The van der Waals surface area contributed by atoms with Gasteiger partial charge in [0.1, 0.15) is 0 Å². The average molecular weight is 226 g/mol. The molecule has 1 aromatic rings. The van der Waals surface area contributed by atoms with Crippen molar-refractivity contribution in [3.8, 4) is 0 Å². The Kier molecular flexibility index (Phi) is 4.18. The van der Waals surface area contributed by atoms with E-state index in [0.717, 1.165) is 23.4 Å². The molecule has 1 aromatic carbocycles. The van der Waals surface area contributed by atoms with Gasteiger partial charge in [-0.2, -0.15) is 0 Å². The predicted molar refractivity (Wildman–Crippen MR) is 67.2 cm³/mol. The fraction of sp³-hybridized carbons (Fsp3) is 0.538. The van der Waals surface area contributed by atoms with Crippen LogP contribution in [0.1, 0.15) is 32.8 Å². The van der Waals surface area contributed by atoms with Crippen LogP contribution in [-0.4, -0.2) is 6.04 Å². The molecule has 0 bridgehead atoms. The molecule has 15 heavy (non-hydrogen) atoms. The molecule has 2 heteroatoms. The minimum atomic E-state index is 0.155. The molecule has 0 aliphatic heterocycles. The highest BCUT2D eigenvalue weighted by atomic mass is 35.5. The van der Waals surface area contributed by atoms with Crippen molar-refractivity contribution in [2.75, 3.05) is 0 Å². The van der Waals surface area contributed by atoms with E-state index in [1.54, 1.807) is 0 Å². The van der Waals surface area contributed by atoms with Crippen molar-refractivity contribution < 1.29 is 0 Å². The lowest BCUT2D eigenvalue weighted by Gasteiger charge is -2.30. The van der Waals surface area contributed by atoms with Crippen molar-refractivity contribution in [3.63, 3.8) is 0 Å². The minimum Gasteiger partial charge on any atom is -0.327 e. The molecule has 1 atom stereocenters. The zero-order chi connectivity index (χ0) is 11.5. The topological polar surface area (TPSA) is 26.0 Å². The highest BCUT2D eigenvalue weighted by Gasteiger charge is 2.24. The van der Waals surface area contributed by atoms with E-state index >= 15 is 0 Å². The molecular formula is C13H20ClN. The molecule has 0 radical (unpaired) electrons. The van der Waals surface area contributed by atoms with E-state index in [1.807, 2.05) is 24.3 Å². The molecule has 2 N–H and O–H groups in total. The van der Waals surface area contributed by atoms with Gasteiger partial charge >= 0.3 is 0 Å². The third kappa shape index (κ3) is 3.22. The van der Waals surface area contributed by atoms with Crippen LogP contribution < -0.4 is 5.73 Å². The summed E-state index contributed by atoms with van der Waals surface area (Å²) in [4.78, 5) is 0. The fourth-order valence-corrected chi connectivity index (χ4v) is 1.65. The van der Waals surface area contributed by atoms with Crippen molar-refractivity contribution in [3.05, 3.63) is 34.9 Å². The van der Waals surface area contributed by atoms with Crippen molar-refractivity contribution in [1.82, 2.24) is 0 Å². The van der Waals surface area contributed by atoms with Gasteiger partial charge in [0.2, 0.25) is 0 Å². The van der Waals surface area contributed by atoms with Crippen LogP contribution in [0.5, 0.6) is 0 Å². The molecule has 0 saturated carbocycles. The van der Waals surface area contributed by atoms with E-state index in [-0.39, 0.29) is 11.5 Å². The number of halogens is 1. The maximum absolute atomic E-state index is 6.20. The predicted octanol–water partition coefficient (Wildman–Crippen LogP) is 3.65. The molecule has 1 unspecified atom stereocenters. The number of hydrogen-bond acceptors (Lipinski definition) is 1. The van der Waals surface area contributed by atoms with Crippen molar-refractivity contribution in [1.29, 1.82) is 0 Å². The molecule has 1 nitrogen and oxygen atoms in total. The van der Waals surface area contributed by atoms with E-state index in [0.29, 0.717) is 0 Å². The maximum atomic E-state index is 6.20. The molecule has 0 heterocycles. The summed E-state index contributed by atoms with van der Waals surface area (Å²) >= 11 is 6.11. The number of hydrogen-bond donors (Lipinski definition) is 1. The summed E-state index contributed by atoms with van der Waals surface area (Å²) in [6.07, 6.45) is 1.93. The second-order valence-corrected chi connectivity index (χ2v) is 5.15. The van der Waals surface area contributed by atoms with Gasteiger partial charge in [0.25, 0.3) is 0 Å². The second-order valence-electron chi connectivity index (χ2n) is 4.74. The Labute approximate surface area is 97.6 Å². The molecule has 0 aromatic heterocycles. The standard InChI is InChI=1S/C13H20ClN/c1-4-13(2,3)12(15)9-10-7-5-6-8-11(10)14/h5-8,12H,4,9,15H2,1-3H3. The Morgan fingerprint density at radius 3 is 2.47 bits per heavy atom. The van der Waals surface area contributed by atoms with Crippen LogP contribution in [0.15, 0.2) is 24.3 Å². The van der Waals surface area contributed by atoms with E-state index in [4.69, 9.17) is 17.3 Å². The highest BCUT2D eigenvalue weighted by Crippen LogP contribution is 2.27. The van der Waals surface area contributed by atoms with E-state index < -0.39 is 0 Å². The van der Waals surface area contributed by atoms with Crippen molar-refractivity contribution in [2.45, 2.75) is 39.7 Å². The van der Waals surface area contributed by atoms with Gasteiger partial charge in [0.05, 0.1) is 0 Å². The van der Waals surface area contributed by atoms with Crippen LogP contribution in [0.2, 0.25) is 5.02 Å². The summed E-state index contributed by atoms with van der Waals surface area (Å²) in [7, 11) is 0. The monoisotopic (exact) mass is 225 g/mol. The van der Waals surface area contributed by atoms with Crippen LogP contribution in [0.25, 0.3) is 0 Å². The van der Waals surface area contributed by atoms with E-state index in [9.17, 15) is 0 Å². The van der Waals surface area contributed by atoms with Gasteiger partial charge in [-0.3, -0.25) is 0 Å². The first kappa shape index (κ1) is 12.5. The zero-order valence-corrected chi connectivity index (χ0v) is 10.5. The Bertz CT molecular complexity index is 320. The maximum Gasteiger partial charge on any atom is 0.0438 e. The molecule has 0 aliphatic carbocycles. The zero-order valence-electron chi connectivity index (χ0n) is 9.76. The van der Waals surface area contributed by atoms with Crippen LogP contribution in [-0.2, 0) is 6.42 Å². The molecule has 0 spiro atoms. The summed E-state index contributed by atoms with van der Waals surface area (Å²) in [6.45, 7) is 6.58. The number of nitrogens with two attached hydrogens (primary N) is 1. The van der Waals surface area contributed by atoms with Crippen LogP contribution in [0.3, 0.4) is 0 Å². The van der Waals surface area contributed by atoms with Gasteiger partial charge in [-0.25, -0.2) is 0 Å². The second kappa shape index (κ2) is 5.00. The highest BCUT2D eigenvalue weighted by molar-refractivity contribution is 6.31. The van der Waals surface area contributed by atoms with Crippen molar-refractivity contribution >= 4 is 11.6 Å². The molecule has 84 valence electrons. The van der Waals surface area contributed by atoms with Crippen LogP contribution in [0.4, 0.5) is 0 Å². The summed E-state index contributed by atoms with van der Waals surface area (Å²) in [6, 6.07) is 8.08. The molecule has 0 aliphatic rings. The SMILES string of the molecule is CCC(C)(C)C(N)Cc1ccccc1Cl. The fourth-order valence-electron chi connectivity index (χ4n) is 1.44. The molecule has 1 rings (SSSR count). The van der Waals surface area contributed by atoms with Gasteiger partial charge in [0.15, 0.2) is 0 Å². The summed E-state index contributed by atoms with van der Waals surface area (Å²) in [5.74, 6) is 0. The normalized spacial score (nSPS) is 13.9. The van der Waals surface area contributed by atoms with Crippen LogP contribution in [0, 0.1) is 5.41 Å². The van der Waals surface area contributed by atoms with Crippen LogP contribution >= 0.6 is 11.6 Å². The first-order chi connectivity index (χ1) is 6.97. The van der Waals surface area contributed by atoms with Gasteiger partial charge in [-0.15, -0.1) is 0 Å². The average Bonchev–Trinajstić information content (AvgIpc) is 2.21. The van der Waals surface area contributed by atoms with Gasteiger partial charge in [-0.05, 0) is 29.9 Å². The quantitative estimate of drug-likeness (QED) is 0.832. The van der Waals surface area contributed by atoms with Gasteiger partial charge < -0.3 is 5.73 Å². The van der Waals surface area contributed by atoms with Gasteiger partial charge in [0, 0.05) is 11.1 Å². The smallest absolute Gasteiger partial charge is 0.0438 e. The summed E-state index contributed by atoms with van der Waals surface area (Å²) < 4.78 is 0. The van der Waals surface area contributed by atoms with E-state index in [1.165, 1.54) is 0 Å². The third-order valence-corrected chi connectivity index (χ3v) is 3.68. The Morgan fingerprint density at radius 2 is 1.93 bits per heavy atom. The third-order valence-electron chi connectivity index (χ3n) is 3.31. The van der Waals surface area contributed by atoms with Gasteiger partial charge in [-0.1, -0.05) is 50.6 Å². The molecule has 0 fully saturated rings. The lowest BCUT2D eigenvalue weighted by molar-refractivity contribution is 0.273. The van der Waals surface area contributed by atoms with E-state index in [2.05, 4.69) is 20.8 Å². The first-order valence-electron chi connectivity index (χ1n) is 5.46. The Hall–Kier alpha value is -0.530. The number of benzene rings is 1. The lowest BCUT2D eigenvalue weighted by atomic mass is 9.79. The Balaban J connectivity index is 2.75. The first-order valence-corrected chi connectivity index (χ1v) is 5.84. The minimum absolute atomic E-state index is 0.155.